The molecule has 0 bridgehead atoms. The zero-order valence-corrected chi connectivity index (χ0v) is 16.9. The first kappa shape index (κ1) is 19.0. The van der Waals surface area contributed by atoms with Crippen LogP contribution in [0.1, 0.15) is 34.1 Å². The molecule has 6 rings (SSSR count). The topological polar surface area (TPSA) is 149 Å². The molecule has 0 aromatic rings. The predicted octanol–water partition coefficient (Wildman–Crippen LogP) is -1.37. The molecule has 0 amide bonds. The van der Waals surface area contributed by atoms with Crippen molar-refractivity contribution in [2.45, 2.75) is 76.0 Å². The van der Waals surface area contributed by atoms with E-state index in [0.29, 0.717) is 0 Å². The third-order valence-corrected chi connectivity index (χ3v) is 8.91. The highest BCUT2D eigenvalue weighted by atomic mass is 16.8. The zero-order chi connectivity index (χ0) is 21.8. The lowest BCUT2D eigenvalue weighted by Crippen LogP contribution is -2.66. The second-order valence-corrected chi connectivity index (χ2v) is 10.7. The number of aliphatic hydroxyl groups is 3. The lowest BCUT2D eigenvalue weighted by atomic mass is 9.51. The molecule has 164 valence electrons. The van der Waals surface area contributed by atoms with Gasteiger partial charge in [0.15, 0.2) is 11.7 Å². The van der Waals surface area contributed by atoms with E-state index in [9.17, 15) is 29.7 Å². The molecule has 2 aliphatic carbocycles. The first-order valence-electron chi connectivity index (χ1n) is 10.2. The molecule has 4 heterocycles. The van der Waals surface area contributed by atoms with Crippen molar-refractivity contribution < 1.29 is 48.7 Å². The predicted molar refractivity (Wildman–Crippen MR) is 92.0 cm³/mol. The van der Waals surface area contributed by atoms with Crippen molar-refractivity contribution in [3.8, 4) is 0 Å². The fourth-order valence-electron chi connectivity index (χ4n) is 8.22. The highest BCUT2D eigenvalue weighted by molar-refractivity contribution is 5.93. The van der Waals surface area contributed by atoms with E-state index in [1.165, 1.54) is 6.92 Å². The number of carbonyl (C=O) groups is 3. The maximum Gasteiger partial charge on any atom is 0.342 e. The minimum atomic E-state index is -2.12. The van der Waals surface area contributed by atoms with Crippen molar-refractivity contribution in [1.82, 2.24) is 0 Å². The minimum absolute atomic E-state index is 0.107. The Bertz CT molecular complexity index is 925. The molecule has 6 fully saturated rings. The molecular formula is C20H24O10. The molecular weight excluding hydrogens is 400 g/mol. The van der Waals surface area contributed by atoms with E-state index in [0.717, 1.165) is 0 Å². The van der Waals surface area contributed by atoms with Gasteiger partial charge in [0.1, 0.15) is 12.2 Å². The van der Waals surface area contributed by atoms with Crippen LogP contribution in [0.4, 0.5) is 0 Å². The fourth-order valence-corrected chi connectivity index (χ4v) is 8.22. The monoisotopic (exact) mass is 424 g/mol. The van der Waals surface area contributed by atoms with E-state index >= 15 is 0 Å². The third kappa shape index (κ3) is 1.35. The first-order valence-corrected chi connectivity index (χ1v) is 10.2. The van der Waals surface area contributed by atoms with Crippen LogP contribution >= 0.6 is 0 Å². The van der Waals surface area contributed by atoms with Gasteiger partial charge in [-0.1, -0.05) is 20.8 Å². The SMILES string of the molecule is C[C@@H]1C(=O)O[C@H]2C[C@]34[C@@H]5OC(=O)[C@]3(O[C@@H]3OC(=O)[C@H](O)[C@]34[C@H](C(C)(C)C)[C@@H]5O)[C@]21O. The van der Waals surface area contributed by atoms with Crippen LogP contribution in [0.2, 0.25) is 0 Å². The average Bonchev–Trinajstić information content (AvgIpc) is 3.32. The van der Waals surface area contributed by atoms with Crippen LogP contribution < -0.4 is 0 Å². The normalized spacial score (nSPS) is 60.1. The summed E-state index contributed by atoms with van der Waals surface area (Å²) in [5.41, 5.74) is -7.95. The van der Waals surface area contributed by atoms with Crippen molar-refractivity contribution in [1.29, 1.82) is 0 Å². The van der Waals surface area contributed by atoms with Crippen LogP contribution in [0, 0.1) is 28.1 Å². The first-order chi connectivity index (χ1) is 13.8. The molecule has 6 aliphatic rings. The van der Waals surface area contributed by atoms with Gasteiger partial charge in [0.2, 0.25) is 11.9 Å². The highest BCUT2D eigenvalue weighted by Gasteiger charge is 3.02. The van der Waals surface area contributed by atoms with Crippen molar-refractivity contribution in [2.24, 2.45) is 28.1 Å². The van der Waals surface area contributed by atoms with Gasteiger partial charge < -0.3 is 34.3 Å². The van der Waals surface area contributed by atoms with Crippen LogP contribution in [0.15, 0.2) is 0 Å². The Hall–Kier alpha value is -1.75. The Labute approximate surface area is 171 Å². The van der Waals surface area contributed by atoms with Crippen molar-refractivity contribution >= 4 is 17.9 Å². The van der Waals surface area contributed by atoms with Gasteiger partial charge in [-0.05, 0) is 12.3 Å². The molecule has 11 atom stereocenters. The van der Waals surface area contributed by atoms with Gasteiger partial charge in [-0.2, -0.15) is 0 Å². The Morgan fingerprint density at radius 1 is 1.03 bits per heavy atom. The molecule has 4 aliphatic heterocycles. The molecule has 0 aromatic carbocycles. The van der Waals surface area contributed by atoms with Crippen LogP contribution in [0.5, 0.6) is 0 Å². The van der Waals surface area contributed by atoms with E-state index in [1.807, 2.05) is 20.8 Å². The summed E-state index contributed by atoms with van der Waals surface area (Å²) in [5.74, 6) is -4.43. The number of fused-ring (bicyclic) bond motifs is 1. The van der Waals surface area contributed by atoms with E-state index < -0.39 is 87.9 Å². The van der Waals surface area contributed by atoms with Crippen molar-refractivity contribution in [3.63, 3.8) is 0 Å². The maximum atomic E-state index is 13.4. The van der Waals surface area contributed by atoms with Gasteiger partial charge >= 0.3 is 17.9 Å². The molecule has 0 aromatic heterocycles. The maximum absolute atomic E-state index is 13.4. The van der Waals surface area contributed by atoms with Gasteiger partial charge in [0, 0.05) is 12.3 Å². The molecule has 30 heavy (non-hydrogen) atoms. The lowest BCUT2D eigenvalue weighted by molar-refractivity contribution is -0.239. The summed E-state index contributed by atoms with van der Waals surface area (Å²) >= 11 is 0. The number of carbonyl (C=O) groups excluding carboxylic acids is 3. The largest absolute Gasteiger partial charge is 0.459 e. The molecule has 4 saturated heterocycles. The van der Waals surface area contributed by atoms with Crippen molar-refractivity contribution in [3.05, 3.63) is 0 Å². The third-order valence-electron chi connectivity index (χ3n) is 8.91. The summed E-state index contributed by atoms with van der Waals surface area (Å²) < 4.78 is 22.6. The van der Waals surface area contributed by atoms with E-state index in [2.05, 4.69) is 0 Å². The van der Waals surface area contributed by atoms with E-state index in [-0.39, 0.29) is 6.42 Å². The van der Waals surface area contributed by atoms with Crippen LogP contribution in [-0.4, -0.2) is 75.1 Å². The highest BCUT2D eigenvalue weighted by Crippen LogP contribution is 2.84. The zero-order valence-electron chi connectivity index (χ0n) is 16.9. The smallest absolute Gasteiger partial charge is 0.342 e. The Balaban J connectivity index is 1.71. The van der Waals surface area contributed by atoms with Gasteiger partial charge in [-0.3, -0.25) is 4.79 Å². The van der Waals surface area contributed by atoms with Gasteiger partial charge in [0.25, 0.3) is 0 Å². The second kappa shape index (κ2) is 4.69. The second-order valence-electron chi connectivity index (χ2n) is 10.7. The van der Waals surface area contributed by atoms with E-state index in [1.54, 1.807) is 0 Å². The average molecular weight is 424 g/mol. The van der Waals surface area contributed by atoms with Gasteiger partial charge in [0.05, 0.1) is 22.9 Å². The molecule has 10 nitrogen and oxygen atoms in total. The van der Waals surface area contributed by atoms with Gasteiger partial charge in [-0.25, -0.2) is 9.59 Å². The molecule has 0 unspecified atom stereocenters. The Morgan fingerprint density at radius 2 is 1.70 bits per heavy atom. The summed E-state index contributed by atoms with van der Waals surface area (Å²) in [6, 6.07) is 0. The number of ether oxygens (including phenoxy) is 4. The number of hydrogen-bond donors (Lipinski definition) is 3. The minimum Gasteiger partial charge on any atom is -0.459 e. The van der Waals surface area contributed by atoms with E-state index in [4.69, 9.17) is 18.9 Å². The number of esters is 3. The quantitative estimate of drug-likeness (QED) is 0.314. The summed E-state index contributed by atoms with van der Waals surface area (Å²) in [5, 5.41) is 34.4. The molecule has 0 radical (unpaired) electrons. The molecule has 10 heteroatoms. The van der Waals surface area contributed by atoms with Gasteiger partial charge in [-0.15, -0.1) is 0 Å². The standard InChI is InChI=1S/C20H24O10/c1-6-12(23)27-7-5-17-11-8(21)9(16(2,3)4)18(17)10(22)13(24)29-15(18)30-20(17,14(25)28-11)19(6,7)26/h6-11,15,21-22,26H,5H2,1-4H3/t6-,7+,8+,9+,10+,11-,15+,17-,18-,19-,20-/m1/s1. The number of hydrogen-bond acceptors (Lipinski definition) is 10. The number of rotatable bonds is 0. The number of aliphatic hydroxyl groups excluding tert-OH is 2. The lowest BCUT2D eigenvalue weighted by Gasteiger charge is -2.46. The molecule has 2 spiro atoms. The summed E-state index contributed by atoms with van der Waals surface area (Å²) in [6.07, 6.45) is -6.73. The Kier molecular flexibility index (Phi) is 2.97. The summed E-state index contributed by atoms with van der Waals surface area (Å²) in [7, 11) is 0. The summed E-state index contributed by atoms with van der Waals surface area (Å²) in [4.78, 5) is 38.2. The molecule has 3 N–H and O–H groups in total. The van der Waals surface area contributed by atoms with Crippen molar-refractivity contribution in [2.75, 3.05) is 0 Å². The fraction of sp³-hybridized carbons (Fsp3) is 0.850. The molecule has 2 saturated carbocycles. The van der Waals surface area contributed by atoms with Crippen LogP contribution in [0.25, 0.3) is 0 Å². The summed E-state index contributed by atoms with van der Waals surface area (Å²) in [6.45, 7) is 6.97. The Morgan fingerprint density at radius 3 is 2.33 bits per heavy atom. The van der Waals surface area contributed by atoms with Crippen LogP contribution in [0.3, 0.4) is 0 Å². The van der Waals surface area contributed by atoms with Crippen LogP contribution in [-0.2, 0) is 33.3 Å².